The Morgan fingerprint density at radius 2 is 1.90 bits per heavy atom. The lowest BCUT2D eigenvalue weighted by atomic mass is 10.1. The van der Waals surface area contributed by atoms with Crippen LogP contribution in [0.1, 0.15) is 12.0 Å². The molecule has 4 heteroatoms. The van der Waals surface area contributed by atoms with Gasteiger partial charge in [-0.1, -0.05) is 30.3 Å². The van der Waals surface area contributed by atoms with Gasteiger partial charge in [0.2, 0.25) is 0 Å². The minimum atomic E-state index is 0.0951. The van der Waals surface area contributed by atoms with Crippen molar-refractivity contribution in [2.45, 2.75) is 6.42 Å². The van der Waals surface area contributed by atoms with Crippen LogP contribution in [0.3, 0.4) is 0 Å². The van der Waals surface area contributed by atoms with Gasteiger partial charge in [-0.05, 0) is 30.7 Å². The first-order valence-electron chi connectivity index (χ1n) is 7.00. The van der Waals surface area contributed by atoms with Crippen molar-refractivity contribution in [1.29, 1.82) is 5.41 Å². The zero-order valence-corrected chi connectivity index (χ0v) is 12.3. The average molecular weight is 283 g/mol. The van der Waals surface area contributed by atoms with Crippen LogP contribution in [0.15, 0.2) is 54.6 Å². The van der Waals surface area contributed by atoms with Gasteiger partial charge in [0.15, 0.2) is 0 Å². The van der Waals surface area contributed by atoms with Crippen molar-refractivity contribution in [3.8, 4) is 5.75 Å². The van der Waals surface area contributed by atoms with Crippen LogP contribution in [0.25, 0.3) is 0 Å². The van der Waals surface area contributed by atoms with Crippen LogP contribution in [-0.2, 0) is 0 Å². The van der Waals surface area contributed by atoms with Gasteiger partial charge < -0.3 is 15.4 Å². The van der Waals surface area contributed by atoms with E-state index < -0.39 is 0 Å². The fourth-order valence-corrected chi connectivity index (χ4v) is 2.05. The van der Waals surface area contributed by atoms with Crippen molar-refractivity contribution >= 4 is 11.5 Å². The number of nitrogens with two attached hydrogens (primary N) is 1. The summed E-state index contributed by atoms with van der Waals surface area (Å²) in [5, 5.41) is 7.48. The van der Waals surface area contributed by atoms with Crippen LogP contribution in [0.4, 0.5) is 5.69 Å². The molecule has 4 nitrogen and oxygen atoms in total. The summed E-state index contributed by atoms with van der Waals surface area (Å²) in [6.45, 7) is 1.56. The van der Waals surface area contributed by atoms with Gasteiger partial charge in [0.05, 0.1) is 6.61 Å². The van der Waals surface area contributed by atoms with Crippen LogP contribution in [0.5, 0.6) is 5.75 Å². The summed E-state index contributed by atoms with van der Waals surface area (Å²) in [6.07, 6.45) is 0.926. The average Bonchev–Trinajstić information content (AvgIpc) is 2.52. The Balaban J connectivity index is 1.80. The minimum Gasteiger partial charge on any atom is -0.494 e. The third kappa shape index (κ3) is 4.53. The van der Waals surface area contributed by atoms with Gasteiger partial charge >= 0.3 is 0 Å². The first-order chi connectivity index (χ1) is 10.2. The number of nitrogens with zero attached hydrogens (tertiary/aromatic N) is 1. The van der Waals surface area contributed by atoms with Crippen LogP contribution >= 0.6 is 0 Å². The van der Waals surface area contributed by atoms with Gasteiger partial charge in [-0.15, -0.1) is 0 Å². The fourth-order valence-electron chi connectivity index (χ4n) is 2.05. The highest BCUT2D eigenvalue weighted by Crippen LogP contribution is 2.15. The number of hydrogen-bond acceptors (Lipinski definition) is 3. The summed E-state index contributed by atoms with van der Waals surface area (Å²) < 4.78 is 5.67. The van der Waals surface area contributed by atoms with E-state index in [1.54, 1.807) is 0 Å². The topological polar surface area (TPSA) is 62.3 Å². The molecule has 21 heavy (non-hydrogen) atoms. The summed E-state index contributed by atoms with van der Waals surface area (Å²) in [7, 11) is 2.03. The number of para-hydroxylation sites is 1. The molecular formula is C17H21N3O. The molecule has 0 heterocycles. The van der Waals surface area contributed by atoms with Crippen molar-refractivity contribution in [3.05, 3.63) is 60.2 Å². The van der Waals surface area contributed by atoms with Crippen molar-refractivity contribution in [1.82, 2.24) is 0 Å². The molecular weight excluding hydrogens is 262 g/mol. The van der Waals surface area contributed by atoms with Crippen molar-refractivity contribution in [3.63, 3.8) is 0 Å². The molecule has 0 fully saturated rings. The van der Waals surface area contributed by atoms with Crippen molar-refractivity contribution in [2.75, 3.05) is 25.1 Å². The maximum Gasteiger partial charge on any atom is 0.122 e. The predicted octanol–water partition coefficient (Wildman–Crippen LogP) is 2.88. The monoisotopic (exact) mass is 283 g/mol. The quantitative estimate of drug-likeness (QED) is 0.466. The van der Waals surface area contributed by atoms with Crippen LogP contribution in [0, 0.1) is 5.41 Å². The maximum absolute atomic E-state index is 7.48. The molecule has 2 aromatic rings. The number of benzene rings is 2. The third-order valence-corrected chi connectivity index (χ3v) is 3.25. The van der Waals surface area contributed by atoms with Gasteiger partial charge in [0.1, 0.15) is 11.6 Å². The summed E-state index contributed by atoms with van der Waals surface area (Å²) >= 11 is 0. The SMILES string of the molecule is CN(CCCOc1ccccc1)c1cccc(C(=N)N)c1. The molecule has 0 unspecified atom stereocenters. The summed E-state index contributed by atoms with van der Waals surface area (Å²) in [4.78, 5) is 2.14. The Kier molecular flexibility index (Phi) is 5.21. The molecule has 0 amide bonds. The van der Waals surface area contributed by atoms with E-state index in [1.165, 1.54) is 0 Å². The molecule has 2 aromatic carbocycles. The van der Waals surface area contributed by atoms with Crippen molar-refractivity contribution < 1.29 is 4.74 Å². The lowest BCUT2D eigenvalue weighted by molar-refractivity contribution is 0.312. The van der Waals surface area contributed by atoms with Gasteiger partial charge in [-0.25, -0.2) is 0 Å². The first-order valence-corrected chi connectivity index (χ1v) is 7.00. The van der Waals surface area contributed by atoms with E-state index >= 15 is 0 Å². The first kappa shape index (κ1) is 14.9. The van der Waals surface area contributed by atoms with E-state index in [1.807, 2.05) is 61.6 Å². The Morgan fingerprint density at radius 3 is 2.62 bits per heavy atom. The second-order valence-corrected chi connectivity index (χ2v) is 4.90. The second-order valence-electron chi connectivity index (χ2n) is 4.90. The molecule has 0 bridgehead atoms. The second kappa shape index (κ2) is 7.33. The Labute approximate surface area is 125 Å². The highest BCUT2D eigenvalue weighted by atomic mass is 16.5. The molecule has 0 saturated heterocycles. The van der Waals surface area contributed by atoms with Gasteiger partial charge in [0, 0.05) is 24.8 Å². The normalized spacial score (nSPS) is 10.1. The van der Waals surface area contributed by atoms with Gasteiger partial charge in [-0.3, -0.25) is 5.41 Å². The summed E-state index contributed by atoms with van der Waals surface area (Å²) in [5.41, 5.74) is 7.32. The fraction of sp³-hybridized carbons (Fsp3) is 0.235. The standard InChI is InChI=1S/C17H21N3O/c1-20(15-8-5-7-14(13-15)17(18)19)11-6-12-21-16-9-3-2-4-10-16/h2-5,7-10,13H,6,11-12H2,1H3,(H3,18,19). The molecule has 0 aliphatic rings. The zero-order valence-electron chi connectivity index (χ0n) is 12.3. The largest absolute Gasteiger partial charge is 0.494 e. The van der Waals surface area contributed by atoms with E-state index in [-0.39, 0.29) is 5.84 Å². The van der Waals surface area contributed by atoms with E-state index in [0.29, 0.717) is 6.61 Å². The number of nitrogens with one attached hydrogen (secondary N) is 1. The Morgan fingerprint density at radius 1 is 1.14 bits per heavy atom. The molecule has 0 saturated carbocycles. The number of ether oxygens (including phenoxy) is 1. The van der Waals surface area contributed by atoms with Crippen molar-refractivity contribution in [2.24, 2.45) is 5.73 Å². The van der Waals surface area contributed by atoms with Gasteiger partial charge in [-0.2, -0.15) is 0 Å². The molecule has 2 rings (SSSR count). The summed E-state index contributed by atoms with van der Waals surface area (Å²) in [5.74, 6) is 0.997. The number of anilines is 1. The summed E-state index contributed by atoms with van der Waals surface area (Å²) in [6, 6.07) is 17.5. The Hall–Kier alpha value is -2.49. The van der Waals surface area contributed by atoms with Crippen LogP contribution < -0.4 is 15.4 Å². The number of rotatable bonds is 7. The van der Waals surface area contributed by atoms with Crippen LogP contribution in [0.2, 0.25) is 0 Å². The number of nitrogen functional groups attached to an aromatic ring is 1. The third-order valence-electron chi connectivity index (χ3n) is 3.25. The Bertz CT molecular complexity index is 584. The molecule has 0 spiro atoms. The number of amidine groups is 1. The molecule has 110 valence electrons. The highest BCUT2D eigenvalue weighted by molar-refractivity contribution is 5.95. The smallest absolute Gasteiger partial charge is 0.122 e. The minimum absolute atomic E-state index is 0.0951. The molecule has 0 aromatic heterocycles. The lowest BCUT2D eigenvalue weighted by Gasteiger charge is -2.20. The van der Waals surface area contributed by atoms with E-state index in [2.05, 4.69) is 4.90 Å². The molecule has 0 radical (unpaired) electrons. The molecule has 0 atom stereocenters. The van der Waals surface area contributed by atoms with Crippen LogP contribution in [-0.4, -0.2) is 26.0 Å². The number of hydrogen-bond donors (Lipinski definition) is 2. The van der Waals surface area contributed by atoms with Gasteiger partial charge in [0.25, 0.3) is 0 Å². The maximum atomic E-state index is 7.48. The van der Waals surface area contributed by atoms with E-state index in [4.69, 9.17) is 15.9 Å². The molecule has 0 aliphatic carbocycles. The lowest BCUT2D eigenvalue weighted by Crippen LogP contribution is -2.21. The van der Waals surface area contributed by atoms with E-state index in [0.717, 1.165) is 30.0 Å². The predicted molar refractivity (Wildman–Crippen MR) is 87.3 cm³/mol. The zero-order chi connectivity index (χ0) is 15.1. The molecule has 0 aliphatic heterocycles. The van der Waals surface area contributed by atoms with E-state index in [9.17, 15) is 0 Å². The highest BCUT2D eigenvalue weighted by Gasteiger charge is 2.03. The molecule has 3 N–H and O–H groups in total.